The van der Waals surface area contributed by atoms with Gasteiger partial charge in [-0.2, -0.15) is 0 Å². The number of benzene rings is 2. The molecule has 16 heteroatoms. The third kappa shape index (κ3) is 9.18. The summed E-state index contributed by atoms with van der Waals surface area (Å²) in [7, 11) is -4.57. The minimum Gasteiger partial charge on any atom is -0.487 e. The van der Waals surface area contributed by atoms with Crippen molar-refractivity contribution in [3.8, 4) is 17.2 Å². The molecule has 0 spiro atoms. The number of piperazine rings is 1. The smallest absolute Gasteiger partial charge is 0.312 e. The molecule has 62 heavy (non-hydrogen) atoms. The van der Waals surface area contributed by atoms with E-state index < -0.39 is 31.4 Å². The van der Waals surface area contributed by atoms with Gasteiger partial charge in [0, 0.05) is 80.7 Å². The largest absolute Gasteiger partial charge is 0.487 e. The van der Waals surface area contributed by atoms with Crippen LogP contribution in [0.5, 0.6) is 17.2 Å². The molecule has 2 aliphatic heterocycles. The molecule has 2 N–H and O–H groups in total. The highest BCUT2D eigenvalue weighted by Crippen LogP contribution is 2.56. The zero-order valence-electron chi connectivity index (χ0n) is 35.3. The number of aromatic nitrogens is 2. The summed E-state index contributed by atoms with van der Waals surface area (Å²) in [6.07, 6.45) is 12.0. The van der Waals surface area contributed by atoms with Crippen LogP contribution in [0.4, 0.5) is 11.4 Å². The molecule has 2 bridgehead atoms. The van der Waals surface area contributed by atoms with E-state index in [-0.39, 0.29) is 29.6 Å². The minimum absolute atomic E-state index is 0.0320. The number of allylic oxidation sites excluding steroid dienone is 1. The van der Waals surface area contributed by atoms with Crippen LogP contribution in [0.1, 0.15) is 75.6 Å². The first-order valence-corrected chi connectivity index (χ1v) is 23.8. The molecule has 330 valence electrons. The summed E-state index contributed by atoms with van der Waals surface area (Å²) >= 11 is 6.88. The van der Waals surface area contributed by atoms with Crippen molar-refractivity contribution in [3.05, 3.63) is 87.7 Å². The quantitative estimate of drug-likeness (QED) is 0.0572. The number of carbonyl (C=O) groups excluding carboxylic acids is 1. The molecule has 14 nitrogen and oxygen atoms in total. The van der Waals surface area contributed by atoms with E-state index in [0.29, 0.717) is 47.2 Å². The predicted octanol–water partition coefficient (Wildman–Crippen LogP) is 8.47. The second-order valence-corrected chi connectivity index (χ2v) is 20.9. The van der Waals surface area contributed by atoms with Gasteiger partial charge < -0.3 is 24.1 Å². The van der Waals surface area contributed by atoms with Crippen molar-refractivity contribution in [1.29, 1.82) is 0 Å². The molecule has 4 aromatic rings. The Morgan fingerprint density at radius 2 is 1.82 bits per heavy atom. The van der Waals surface area contributed by atoms with Crippen molar-refractivity contribution >= 4 is 49.9 Å². The Hall–Kier alpha value is -4.70. The molecule has 3 saturated carbocycles. The van der Waals surface area contributed by atoms with Crippen molar-refractivity contribution < 1.29 is 32.3 Å². The van der Waals surface area contributed by atoms with Gasteiger partial charge in [-0.3, -0.25) is 19.8 Å². The number of alkyl halides is 1. The number of hydrogen-bond acceptors (Lipinski definition) is 11. The van der Waals surface area contributed by atoms with E-state index in [0.717, 1.165) is 87.9 Å². The van der Waals surface area contributed by atoms with Gasteiger partial charge in [0.05, 0.1) is 28.2 Å². The second-order valence-electron chi connectivity index (χ2n) is 18.6. The first-order valence-electron chi connectivity index (χ1n) is 21.9. The Balaban J connectivity index is 0.921. The fourth-order valence-corrected chi connectivity index (χ4v) is 11.5. The molecule has 6 aliphatic rings. The van der Waals surface area contributed by atoms with Crippen LogP contribution in [-0.4, -0.2) is 92.0 Å². The normalized spacial score (nSPS) is 24.4. The van der Waals surface area contributed by atoms with Crippen molar-refractivity contribution in [2.24, 2.45) is 29.1 Å². The minimum atomic E-state index is -4.57. The fraction of sp³-hybridized carbons (Fsp3) is 0.522. The number of pyridine rings is 1. The van der Waals surface area contributed by atoms with E-state index in [2.05, 4.69) is 38.3 Å². The fourth-order valence-electron chi connectivity index (χ4n) is 10.1. The summed E-state index contributed by atoms with van der Waals surface area (Å²) in [6, 6.07) is 12.1. The van der Waals surface area contributed by atoms with Crippen LogP contribution >= 0.6 is 11.6 Å². The third-order valence-corrected chi connectivity index (χ3v) is 15.8. The summed E-state index contributed by atoms with van der Waals surface area (Å²) in [5.41, 5.74) is 4.57. The van der Waals surface area contributed by atoms with E-state index in [1.54, 1.807) is 41.6 Å². The molecule has 4 aliphatic carbocycles. The van der Waals surface area contributed by atoms with E-state index in [1.807, 2.05) is 6.07 Å². The number of halogens is 1. The molecule has 2 saturated heterocycles. The number of H-pyrrole nitrogens is 1. The zero-order chi connectivity index (χ0) is 43.2. The van der Waals surface area contributed by atoms with Crippen LogP contribution in [-0.2, 0) is 14.8 Å². The number of carbonyl (C=O) groups is 1. The van der Waals surface area contributed by atoms with Crippen LogP contribution in [0, 0.1) is 39.2 Å². The van der Waals surface area contributed by atoms with Gasteiger partial charge in [0.2, 0.25) is 0 Å². The van der Waals surface area contributed by atoms with Crippen LogP contribution in [0.3, 0.4) is 0 Å². The Morgan fingerprint density at radius 3 is 2.58 bits per heavy atom. The van der Waals surface area contributed by atoms with Gasteiger partial charge in [-0.25, -0.2) is 18.1 Å². The molecule has 10 rings (SSSR count). The van der Waals surface area contributed by atoms with Crippen LogP contribution < -0.4 is 19.1 Å². The first-order chi connectivity index (χ1) is 29.8. The van der Waals surface area contributed by atoms with Crippen molar-refractivity contribution in [2.45, 2.75) is 75.5 Å². The molecular formula is C46H55ClN6O8S. The Labute approximate surface area is 367 Å². The summed E-state index contributed by atoms with van der Waals surface area (Å²) in [5.74, 6) is 1.77. The highest BCUT2D eigenvalue weighted by atomic mass is 35.5. The van der Waals surface area contributed by atoms with E-state index in [4.69, 9.17) is 25.8 Å². The van der Waals surface area contributed by atoms with Crippen LogP contribution in [0.25, 0.3) is 11.0 Å². The highest BCUT2D eigenvalue weighted by molar-refractivity contribution is 7.90. The monoisotopic (exact) mass is 886 g/mol. The van der Waals surface area contributed by atoms with E-state index in [1.165, 1.54) is 37.6 Å². The Bertz CT molecular complexity index is 2470. The molecule has 2 atom stereocenters. The number of nitro groups is 1. The second kappa shape index (κ2) is 17.5. The number of ether oxygens (including phenoxy) is 3. The van der Waals surface area contributed by atoms with Crippen LogP contribution in [0.15, 0.2) is 77.0 Å². The molecular weight excluding hydrogens is 832 g/mol. The summed E-state index contributed by atoms with van der Waals surface area (Å²) in [5, 5.41) is 13.1. The number of sulfonamides is 1. The Kier molecular flexibility index (Phi) is 12.0. The molecule has 0 unspecified atom stereocenters. The molecule has 5 fully saturated rings. The van der Waals surface area contributed by atoms with E-state index in [9.17, 15) is 23.3 Å². The zero-order valence-corrected chi connectivity index (χ0v) is 36.9. The van der Waals surface area contributed by atoms with Gasteiger partial charge in [-0.15, -0.1) is 11.6 Å². The SMILES string of the molecule is CC1(C)CCC(CN2CCN(c3ccc(C(=O)NS(=O)(=O)c4ccc(OCC5CCOCC5)c([N+](=O)[O-])c4)c(Oc4cnc5[nH]ccc5c4)c3)CC2)=C([C@@H]2C[C@H](Cl)C3CC2C3)C1. The third-order valence-electron chi connectivity index (χ3n) is 13.9. The van der Waals surface area contributed by atoms with Crippen LogP contribution in [0.2, 0.25) is 0 Å². The average Bonchev–Trinajstić information content (AvgIpc) is 3.71. The van der Waals surface area contributed by atoms with Crippen molar-refractivity contribution in [2.75, 3.05) is 57.4 Å². The van der Waals surface area contributed by atoms with E-state index >= 15 is 0 Å². The average molecular weight is 887 g/mol. The predicted molar refractivity (Wildman–Crippen MR) is 237 cm³/mol. The highest BCUT2D eigenvalue weighted by Gasteiger charge is 2.48. The van der Waals surface area contributed by atoms with Gasteiger partial charge in [0.25, 0.3) is 15.9 Å². The number of nitro benzene ring substituents is 1. The summed E-state index contributed by atoms with van der Waals surface area (Å²) in [4.78, 5) is 37.1. The molecule has 1 amide bonds. The first kappa shape index (κ1) is 42.6. The number of amides is 1. The maximum atomic E-state index is 13.9. The standard InChI is InChI=1S/C46H55ClN6O8S/c1-46(2)11-7-31(39(25-46)38-24-40(47)33-19-32(38)20-33)27-51-13-15-52(16-14-51)34-3-5-37(43(22-34)61-35-21-30-8-12-48-44(30)49-26-35)45(54)50-62(57,58)36-4-6-42(41(23-36)53(55)56)60-28-29-9-17-59-18-10-29/h3-6,8,12,21-23,26,29,32-33,38,40H,7,9-11,13-20,24-25,27-28H2,1-2H3,(H,48,49)(H,50,54)/t32?,33?,38-,40+/m1/s1. The molecule has 2 aromatic heterocycles. The van der Waals surface area contributed by atoms with Gasteiger partial charge in [-0.05, 0) is 117 Å². The van der Waals surface area contributed by atoms with Gasteiger partial charge in [-0.1, -0.05) is 25.0 Å². The van der Waals surface area contributed by atoms with Crippen molar-refractivity contribution in [3.63, 3.8) is 0 Å². The number of rotatable bonds is 13. The van der Waals surface area contributed by atoms with Crippen molar-refractivity contribution in [1.82, 2.24) is 19.6 Å². The summed E-state index contributed by atoms with van der Waals surface area (Å²) in [6.45, 7) is 10.5. The maximum Gasteiger partial charge on any atom is 0.312 e. The maximum absolute atomic E-state index is 13.9. The topological polar surface area (TPSA) is 169 Å². The molecule has 0 radical (unpaired) electrons. The van der Waals surface area contributed by atoms with Gasteiger partial charge in [0.1, 0.15) is 17.1 Å². The van der Waals surface area contributed by atoms with Gasteiger partial charge in [0.15, 0.2) is 5.75 Å². The number of hydrogen-bond donors (Lipinski definition) is 2. The lowest BCUT2D eigenvalue weighted by Crippen LogP contribution is -2.48. The number of fused-ring (bicyclic) bond motifs is 3. The number of nitrogens with one attached hydrogen (secondary N) is 2. The number of nitrogens with zero attached hydrogens (tertiary/aromatic N) is 4. The molecule has 2 aromatic carbocycles. The number of anilines is 1. The lowest BCUT2D eigenvalue weighted by atomic mass is 9.55. The number of aromatic amines is 1. The van der Waals surface area contributed by atoms with Gasteiger partial charge >= 0.3 is 5.69 Å². The lowest BCUT2D eigenvalue weighted by molar-refractivity contribution is -0.386. The molecule has 4 heterocycles. The lowest BCUT2D eigenvalue weighted by Gasteiger charge is -2.52. The summed E-state index contributed by atoms with van der Waals surface area (Å²) < 4.78 is 46.9. The Morgan fingerprint density at radius 1 is 1.03 bits per heavy atom.